The van der Waals surface area contributed by atoms with Crippen molar-refractivity contribution in [1.82, 2.24) is 14.5 Å². The van der Waals surface area contributed by atoms with Crippen molar-refractivity contribution in [2.24, 2.45) is 0 Å². The van der Waals surface area contributed by atoms with Gasteiger partial charge in [-0.1, -0.05) is 53.5 Å². The van der Waals surface area contributed by atoms with Gasteiger partial charge in [0.2, 0.25) is 11.8 Å². The quantitative estimate of drug-likeness (QED) is 0.497. The second kappa shape index (κ2) is 10.5. The lowest BCUT2D eigenvalue weighted by Gasteiger charge is -2.30. The molecule has 2 aromatic carbocycles. The van der Waals surface area contributed by atoms with Crippen LogP contribution in [0.1, 0.15) is 42.6 Å². The van der Waals surface area contributed by atoms with Gasteiger partial charge in [0, 0.05) is 17.6 Å². The summed E-state index contributed by atoms with van der Waals surface area (Å²) >= 11 is 3.36. The lowest BCUT2D eigenvalue weighted by atomic mass is 10.1. The molecule has 0 saturated heterocycles. The van der Waals surface area contributed by atoms with E-state index in [4.69, 9.17) is 0 Å². The van der Waals surface area contributed by atoms with Gasteiger partial charge in [-0.05, 0) is 43.2 Å². The first-order valence-electron chi connectivity index (χ1n) is 10.6. The van der Waals surface area contributed by atoms with Crippen molar-refractivity contribution in [3.8, 4) is 0 Å². The number of rotatable bonds is 9. The molecule has 0 saturated carbocycles. The minimum Gasteiger partial charge on any atom is -0.354 e. The fourth-order valence-corrected chi connectivity index (χ4v) is 5.29. The fourth-order valence-electron chi connectivity index (χ4n) is 3.51. The topological polar surface area (TPSA) is 104 Å². The van der Waals surface area contributed by atoms with Gasteiger partial charge in [0.1, 0.15) is 17.5 Å². The molecule has 1 aliphatic rings. The van der Waals surface area contributed by atoms with E-state index in [9.17, 15) is 22.8 Å². The molecule has 33 heavy (non-hydrogen) atoms. The highest BCUT2D eigenvalue weighted by molar-refractivity contribution is 9.10. The van der Waals surface area contributed by atoms with Gasteiger partial charge in [-0.25, -0.2) is 12.7 Å². The zero-order valence-corrected chi connectivity index (χ0v) is 20.9. The Morgan fingerprint density at radius 1 is 1.12 bits per heavy atom. The molecule has 0 aliphatic carbocycles. The number of sulfonamides is 1. The van der Waals surface area contributed by atoms with Crippen molar-refractivity contribution < 1.29 is 22.8 Å². The van der Waals surface area contributed by atoms with Crippen LogP contribution >= 0.6 is 15.9 Å². The number of benzene rings is 2. The molecular formula is C23H26BrN3O5S. The second-order valence-electron chi connectivity index (χ2n) is 7.78. The number of unbranched alkanes of at least 4 members (excludes halogenated alkanes) is 1. The average molecular weight is 536 g/mol. The monoisotopic (exact) mass is 535 g/mol. The molecule has 1 N–H and O–H groups in total. The van der Waals surface area contributed by atoms with Crippen LogP contribution in [0.4, 0.5) is 0 Å². The maximum atomic E-state index is 13.3. The van der Waals surface area contributed by atoms with Crippen molar-refractivity contribution >= 4 is 43.7 Å². The van der Waals surface area contributed by atoms with Gasteiger partial charge in [-0.3, -0.25) is 14.4 Å². The van der Waals surface area contributed by atoms with E-state index in [0.29, 0.717) is 10.8 Å². The Bertz CT molecular complexity index is 1150. The molecule has 176 valence electrons. The molecule has 8 nitrogen and oxygen atoms in total. The number of carbonyl (C=O) groups is 3. The molecular weight excluding hydrogens is 510 g/mol. The number of nitrogens with one attached hydrogen (secondary N) is 1. The van der Waals surface area contributed by atoms with E-state index in [0.717, 1.165) is 22.9 Å². The fraction of sp³-hybridized carbons (Fsp3) is 0.348. The Kier molecular flexibility index (Phi) is 7.91. The average Bonchev–Trinajstić information content (AvgIpc) is 2.99. The molecule has 0 radical (unpaired) electrons. The van der Waals surface area contributed by atoms with Crippen LogP contribution in [0.15, 0.2) is 57.9 Å². The Balaban J connectivity index is 1.85. The Morgan fingerprint density at radius 2 is 1.79 bits per heavy atom. The van der Waals surface area contributed by atoms with E-state index in [2.05, 4.69) is 21.2 Å². The molecule has 0 bridgehead atoms. The number of hydrogen-bond donors (Lipinski definition) is 1. The molecule has 0 aromatic heterocycles. The summed E-state index contributed by atoms with van der Waals surface area (Å²) in [6.07, 6.45) is 1.71. The molecule has 10 heteroatoms. The Hall–Kier alpha value is -2.72. The summed E-state index contributed by atoms with van der Waals surface area (Å²) < 4.78 is 27.2. The van der Waals surface area contributed by atoms with Gasteiger partial charge < -0.3 is 10.2 Å². The van der Waals surface area contributed by atoms with E-state index in [1.807, 2.05) is 19.1 Å². The molecule has 1 aliphatic heterocycles. The van der Waals surface area contributed by atoms with Gasteiger partial charge in [0.05, 0.1) is 5.56 Å². The van der Waals surface area contributed by atoms with Crippen LogP contribution < -0.4 is 5.32 Å². The van der Waals surface area contributed by atoms with Crippen molar-refractivity contribution in [2.75, 3.05) is 13.1 Å². The van der Waals surface area contributed by atoms with E-state index >= 15 is 0 Å². The summed E-state index contributed by atoms with van der Waals surface area (Å²) in [4.78, 5) is 39.9. The minimum absolute atomic E-state index is 0.0371. The molecule has 3 amide bonds. The Morgan fingerprint density at radius 3 is 2.42 bits per heavy atom. The van der Waals surface area contributed by atoms with Crippen LogP contribution in [0.5, 0.6) is 0 Å². The first-order chi connectivity index (χ1) is 15.7. The van der Waals surface area contributed by atoms with Gasteiger partial charge in [0.25, 0.3) is 15.9 Å². The van der Waals surface area contributed by atoms with Gasteiger partial charge in [-0.2, -0.15) is 0 Å². The number of carbonyl (C=O) groups excluding carboxylic acids is 3. The third-order valence-electron chi connectivity index (χ3n) is 5.45. The zero-order valence-electron chi connectivity index (χ0n) is 18.5. The summed E-state index contributed by atoms with van der Waals surface area (Å²) in [7, 11) is -4.14. The second-order valence-corrected chi connectivity index (χ2v) is 10.5. The predicted molar refractivity (Wildman–Crippen MR) is 127 cm³/mol. The van der Waals surface area contributed by atoms with Crippen molar-refractivity contribution in [3.63, 3.8) is 0 Å². The maximum absolute atomic E-state index is 13.3. The standard InChI is InChI=1S/C23H26BrN3O5S/c1-3-4-13-25-22(29)16(2)26(14-17-9-11-18(24)12-10-17)21(28)15-27-23(30)19-7-5-6-8-20(19)33(27,31)32/h5-12,16H,3-4,13-15H2,1-2H3,(H,25,29)/t16-/m0/s1. The number of nitrogens with zero attached hydrogens (tertiary/aromatic N) is 2. The highest BCUT2D eigenvalue weighted by Gasteiger charge is 2.43. The van der Waals surface area contributed by atoms with E-state index in [1.165, 1.54) is 23.1 Å². The predicted octanol–water partition coefficient (Wildman–Crippen LogP) is 2.93. The molecule has 1 atom stereocenters. The molecule has 1 heterocycles. The highest BCUT2D eigenvalue weighted by Crippen LogP contribution is 2.30. The number of amides is 3. The highest BCUT2D eigenvalue weighted by atomic mass is 79.9. The number of hydrogen-bond acceptors (Lipinski definition) is 5. The third kappa shape index (κ3) is 5.44. The lowest BCUT2D eigenvalue weighted by Crippen LogP contribution is -2.51. The van der Waals surface area contributed by atoms with E-state index < -0.39 is 34.4 Å². The maximum Gasteiger partial charge on any atom is 0.269 e. The normalized spacial score (nSPS) is 15.1. The third-order valence-corrected chi connectivity index (χ3v) is 7.77. The van der Waals surface area contributed by atoms with E-state index in [1.54, 1.807) is 25.1 Å². The van der Waals surface area contributed by atoms with Crippen LogP contribution in [-0.4, -0.2) is 54.5 Å². The van der Waals surface area contributed by atoms with Crippen molar-refractivity contribution in [3.05, 3.63) is 64.1 Å². The minimum atomic E-state index is -4.14. The van der Waals surface area contributed by atoms with Crippen molar-refractivity contribution in [2.45, 2.75) is 44.2 Å². The molecule has 0 fully saturated rings. The zero-order chi connectivity index (χ0) is 24.2. The molecule has 3 rings (SSSR count). The lowest BCUT2D eigenvalue weighted by molar-refractivity contribution is -0.140. The summed E-state index contributed by atoms with van der Waals surface area (Å²) in [6, 6.07) is 12.2. The van der Waals surface area contributed by atoms with Crippen LogP contribution in [0.25, 0.3) is 0 Å². The SMILES string of the molecule is CCCCNC(=O)[C@H](C)N(Cc1ccc(Br)cc1)C(=O)CN1C(=O)c2ccccc2S1(=O)=O. The molecule has 2 aromatic rings. The summed E-state index contributed by atoms with van der Waals surface area (Å²) in [5.41, 5.74) is 0.800. The number of halogens is 1. The van der Waals surface area contributed by atoms with E-state index in [-0.39, 0.29) is 22.9 Å². The number of fused-ring (bicyclic) bond motifs is 1. The first-order valence-corrected chi connectivity index (χ1v) is 12.9. The van der Waals surface area contributed by atoms with Crippen LogP contribution in [-0.2, 0) is 26.2 Å². The van der Waals surface area contributed by atoms with Gasteiger partial charge >= 0.3 is 0 Å². The summed E-state index contributed by atoms with van der Waals surface area (Å²) in [5.74, 6) is -1.73. The smallest absolute Gasteiger partial charge is 0.269 e. The largest absolute Gasteiger partial charge is 0.354 e. The van der Waals surface area contributed by atoms with Crippen LogP contribution in [0.2, 0.25) is 0 Å². The summed E-state index contributed by atoms with van der Waals surface area (Å²) in [6.45, 7) is 3.48. The van der Waals surface area contributed by atoms with Crippen LogP contribution in [0.3, 0.4) is 0 Å². The first kappa shape index (κ1) is 24.9. The molecule has 0 spiro atoms. The summed E-state index contributed by atoms with van der Waals surface area (Å²) in [5, 5.41) is 2.81. The van der Waals surface area contributed by atoms with Gasteiger partial charge in [-0.15, -0.1) is 0 Å². The van der Waals surface area contributed by atoms with Crippen molar-refractivity contribution in [1.29, 1.82) is 0 Å². The Labute approximate surface area is 202 Å². The van der Waals surface area contributed by atoms with Gasteiger partial charge in [0.15, 0.2) is 0 Å². The molecule has 0 unspecified atom stereocenters. The van der Waals surface area contributed by atoms with Crippen LogP contribution in [0, 0.1) is 0 Å².